The van der Waals surface area contributed by atoms with E-state index in [1.807, 2.05) is 18.2 Å². The van der Waals surface area contributed by atoms with Gasteiger partial charge in [0, 0.05) is 5.02 Å². The number of anilines is 1. The SMILES string of the molecule is CCC(C)c1ccccc1NS(=O)(=O)c1cccc(Cl)c1. The number of hydrogen-bond acceptors (Lipinski definition) is 2. The summed E-state index contributed by atoms with van der Waals surface area (Å²) in [5.41, 5.74) is 1.61. The van der Waals surface area contributed by atoms with Gasteiger partial charge in [0.25, 0.3) is 10.0 Å². The Bertz CT molecular complexity index is 729. The van der Waals surface area contributed by atoms with Gasteiger partial charge in [-0.2, -0.15) is 0 Å². The summed E-state index contributed by atoms with van der Waals surface area (Å²) in [5.74, 6) is 0.281. The van der Waals surface area contributed by atoms with Gasteiger partial charge in [-0.15, -0.1) is 0 Å². The van der Waals surface area contributed by atoms with Crippen LogP contribution < -0.4 is 4.72 Å². The van der Waals surface area contributed by atoms with E-state index >= 15 is 0 Å². The third-order valence-electron chi connectivity index (χ3n) is 3.45. The molecule has 5 heteroatoms. The minimum absolute atomic E-state index is 0.161. The lowest BCUT2D eigenvalue weighted by atomic mass is 9.97. The number of rotatable bonds is 5. The molecule has 1 N–H and O–H groups in total. The molecular formula is C16H18ClNO2S. The first-order chi connectivity index (χ1) is 9.94. The standard InChI is InChI=1S/C16H18ClNO2S/c1-3-12(2)15-9-4-5-10-16(15)18-21(19,20)14-8-6-7-13(17)11-14/h4-12,18H,3H2,1-2H3. The summed E-state index contributed by atoms with van der Waals surface area (Å²) in [5, 5.41) is 0.396. The van der Waals surface area contributed by atoms with E-state index in [-0.39, 0.29) is 10.8 Å². The fourth-order valence-corrected chi connectivity index (χ4v) is 3.47. The van der Waals surface area contributed by atoms with Gasteiger partial charge in [0.15, 0.2) is 0 Å². The summed E-state index contributed by atoms with van der Waals surface area (Å²) < 4.78 is 27.6. The van der Waals surface area contributed by atoms with E-state index in [4.69, 9.17) is 11.6 Å². The summed E-state index contributed by atoms with van der Waals surface area (Å²) in [6.45, 7) is 4.15. The van der Waals surface area contributed by atoms with Crippen LogP contribution in [0, 0.1) is 0 Å². The predicted octanol–water partition coefficient (Wildman–Crippen LogP) is 4.65. The second-order valence-corrected chi connectivity index (χ2v) is 7.08. The molecule has 0 aromatic heterocycles. The minimum Gasteiger partial charge on any atom is -0.279 e. The molecule has 0 saturated carbocycles. The smallest absolute Gasteiger partial charge is 0.261 e. The maximum atomic E-state index is 12.4. The van der Waals surface area contributed by atoms with Crippen LogP contribution in [0.3, 0.4) is 0 Å². The van der Waals surface area contributed by atoms with Gasteiger partial charge in [0.05, 0.1) is 10.6 Å². The lowest BCUT2D eigenvalue weighted by Crippen LogP contribution is -2.14. The number of benzene rings is 2. The van der Waals surface area contributed by atoms with Crippen molar-refractivity contribution in [2.45, 2.75) is 31.1 Å². The number of hydrogen-bond donors (Lipinski definition) is 1. The highest BCUT2D eigenvalue weighted by Gasteiger charge is 2.17. The molecule has 2 aromatic rings. The third kappa shape index (κ3) is 3.77. The molecule has 3 nitrogen and oxygen atoms in total. The van der Waals surface area contributed by atoms with Crippen LogP contribution in [0.1, 0.15) is 31.7 Å². The number of nitrogens with one attached hydrogen (secondary N) is 1. The molecule has 1 unspecified atom stereocenters. The monoisotopic (exact) mass is 323 g/mol. The average Bonchev–Trinajstić information content (AvgIpc) is 2.46. The fraction of sp³-hybridized carbons (Fsp3) is 0.250. The van der Waals surface area contributed by atoms with Gasteiger partial charge in [-0.25, -0.2) is 8.42 Å². The van der Waals surface area contributed by atoms with Crippen molar-refractivity contribution in [1.82, 2.24) is 0 Å². The fourth-order valence-electron chi connectivity index (χ4n) is 2.08. The molecule has 0 amide bonds. The van der Waals surface area contributed by atoms with Crippen molar-refractivity contribution in [2.75, 3.05) is 4.72 Å². The molecule has 0 heterocycles. The zero-order chi connectivity index (χ0) is 15.5. The van der Waals surface area contributed by atoms with Crippen molar-refractivity contribution in [3.8, 4) is 0 Å². The Hall–Kier alpha value is -1.52. The Labute approximate surface area is 131 Å². The van der Waals surface area contributed by atoms with Crippen molar-refractivity contribution in [3.05, 3.63) is 59.1 Å². The van der Waals surface area contributed by atoms with Crippen molar-refractivity contribution in [1.29, 1.82) is 0 Å². The zero-order valence-corrected chi connectivity index (χ0v) is 13.6. The molecule has 0 aliphatic carbocycles. The van der Waals surface area contributed by atoms with E-state index < -0.39 is 10.0 Å². The van der Waals surface area contributed by atoms with Crippen LogP contribution in [-0.4, -0.2) is 8.42 Å². The highest BCUT2D eigenvalue weighted by Crippen LogP contribution is 2.28. The van der Waals surface area contributed by atoms with Crippen molar-refractivity contribution >= 4 is 27.3 Å². The maximum Gasteiger partial charge on any atom is 0.261 e. The quantitative estimate of drug-likeness (QED) is 0.870. The molecule has 21 heavy (non-hydrogen) atoms. The van der Waals surface area contributed by atoms with E-state index in [1.165, 1.54) is 12.1 Å². The molecule has 0 fully saturated rings. The Balaban J connectivity index is 2.38. The number of halogens is 1. The summed E-state index contributed by atoms with van der Waals surface area (Å²) in [4.78, 5) is 0.161. The molecular weight excluding hydrogens is 306 g/mol. The first-order valence-electron chi connectivity index (χ1n) is 6.81. The Morgan fingerprint density at radius 1 is 1.14 bits per heavy atom. The van der Waals surface area contributed by atoms with Crippen LogP contribution in [0.15, 0.2) is 53.4 Å². The lowest BCUT2D eigenvalue weighted by Gasteiger charge is -2.16. The first kappa shape index (κ1) is 15.9. The van der Waals surface area contributed by atoms with E-state index in [9.17, 15) is 8.42 Å². The average molecular weight is 324 g/mol. The summed E-state index contributed by atoms with van der Waals surface area (Å²) in [6.07, 6.45) is 0.940. The Morgan fingerprint density at radius 2 is 1.86 bits per heavy atom. The van der Waals surface area contributed by atoms with Crippen LogP contribution in [0.5, 0.6) is 0 Å². The third-order valence-corrected chi connectivity index (χ3v) is 5.05. The van der Waals surface area contributed by atoms with Gasteiger partial charge < -0.3 is 0 Å². The predicted molar refractivity (Wildman–Crippen MR) is 87.4 cm³/mol. The van der Waals surface area contributed by atoms with Gasteiger partial charge in [0.2, 0.25) is 0 Å². The van der Waals surface area contributed by atoms with Crippen molar-refractivity contribution in [2.24, 2.45) is 0 Å². The van der Waals surface area contributed by atoms with Gasteiger partial charge >= 0.3 is 0 Å². The molecule has 112 valence electrons. The summed E-state index contributed by atoms with van der Waals surface area (Å²) in [7, 11) is -3.63. The Kier molecular flexibility index (Phi) is 4.91. The molecule has 1 atom stereocenters. The van der Waals surface area contributed by atoms with Gasteiger partial charge in [-0.05, 0) is 42.2 Å². The maximum absolute atomic E-state index is 12.4. The summed E-state index contributed by atoms with van der Waals surface area (Å²) in [6, 6.07) is 13.7. The van der Waals surface area contributed by atoms with Crippen LogP contribution in [0.4, 0.5) is 5.69 Å². The summed E-state index contributed by atoms with van der Waals surface area (Å²) >= 11 is 5.87. The van der Waals surface area contributed by atoms with Gasteiger partial charge in [0.1, 0.15) is 0 Å². The van der Waals surface area contributed by atoms with Gasteiger partial charge in [-0.1, -0.05) is 49.7 Å². The molecule has 0 spiro atoms. The van der Waals surface area contributed by atoms with Crippen molar-refractivity contribution in [3.63, 3.8) is 0 Å². The lowest BCUT2D eigenvalue weighted by molar-refractivity contribution is 0.601. The molecule has 0 radical (unpaired) electrons. The normalized spacial score (nSPS) is 12.9. The first-order valence-corrected chi connectivity index (χ1v) is 8.67. The van der Waals surface area contributed by atoms with Crippen LogP contribution >= 0.6 is 11.6 Å². The van der Waals surface area contributed by atoms with E-state index in [0.717, 1.165) is 12.0 Å². The second kappa shape index (κ2) is 6.50. The highest BCUT2D eigenvalue weighted by atomic mass is 35.5. The Morgan fingerprint density at radius 3 is 2.52 bits per heavy atom. The van der Waals surface area contributed by atoms with Gasteiger partial charge in [-0.3, -0.25) is 4.72 Å². The minimum atomic E-state index is -3.63. The largest absolute Gasteiger partial charge is 0.279 e. The van der Waals surface area contributed by atoms with Crippen molar-refractivity contribution < 1.29 is 8.42 Å². The van der Waals surface area contributed by atoms with Crippen LogP contribution in [0.2, 0.25) is 5.02 Å². The highest BCUT2D eigenvalue weighted by molar-refractivity contribution is 7.92. The topological polar surface area (TPSA) is 46.2 Å². The van der Waals surface area contributed by atoms with E-state index in [0.29, 0.717) is 10.7 Å². The van der Waals surface area contributed by atoms with Crippen LogP contribution in [-0.2, 0) is 10.0 Å². The molecule has 0 bridgehead atoms. The molecule has 2 aromatic carbocycles. The molecule has 2 rings (SSSR count). The number of sulfonamides is 1. The van der Waals surface area contributed by atoms with E-state index in [1.54, 1.807) is 18.2 Å². The zero-order valence-electron chi connectivity index (χ0n) is 12.0. The molecule has 0 aliphatic rings. The molecule has 0 aliphatic heterocycles. The van der Waals surface area contributed by atoms with E-state index in [2.05, 4.69) is 18.6 Å². The second-order valence-electron chi connectivity index (χ2n) is 4.96. The number of para-hydroxylation sites is 1. The molecule has 0 saturated heterocycles. The van der Waals surface area contributed by atoms with Crippen LogP contribution in [0.25, 0.3) is 0 Å².